The first-order valence-corrected chi connectivity index (χ1v) is 6.83. The third-order valence-electron chi connectivity index (χ3n) is 3.90. The SMILES string of the molecule is CCCC1CCN(C(=O)[C@H]2CCCCN2)C1. The smallest absolute Gasteiger partial charge is 0.239 e. The number of nitrogens with one attached hydrogen (secondary N) is 1. The maximum atomic E-state index is 12.2. The van der Waals surface area contributed by atoms with Crippen LogP contribution >= 0.6 is 0 Å². The van der Waals surface area contributed by atoms with Crippen LogP contribution in [0.25, 0.3) is 0 Å². The van der Waals surface area contributed by atoms with Gasteiger partial charge >= 0.3 is 0 Å². The lowest BCUT2D eigenvalue weighted by Gasteiger charge is -2.27. The van der Waals surface area contributed by atoms with Crippen LogP contribution in [0.4, 0.5) is 0 Å². The Kier molecular flexibility index (Phi) is 4.22. The molecule has 3 nitrogen and oxygen atoms in total. The van der Waals surface area contributed by atoms with Crippen molar-refractivity contribution >= 4 is 5.91 Å². The molecule has 0 saturated carbocycles. The fraction of sp³-hybridized carbons (Fsp3) is 0.923. The standard InChI is InChI=1S/C13H24N2O/c1-2-5-11-7-9-15(10-11)13(16)12-6-3-4-8-14-12/h11-12,14H,2-10H2,1H3/t11?,12-/m1/s1. The van der Waals surface area contributed by atoms with Gasteiger partial charge < -0.3 is 10.2 Å². The summed E-state index contributed by atoms with van der Waals surface area (Å²) < 4.78 is 0. The Hall–Kier alpha value is -0.570. The first-order chi connectivity index (χ1) is 7.81. The molecule has 0 aromatic heterocycles. The van der Waals surface area contributed by atoms with Crippen LogP contribution < -0.4 is 5.32 Å². The zero-order valence-electron chi connectivity index (χ0n) is 10.4. The first kappa shape index (κ1) is 11.9. The molecule has 0 spiro atoms. The van der Waals surface area contributed by atoms with Crippen molar-refractivity contribution in [2.75, 3.05) is 19.6 Å². The lowest BCUT2D eigenvalue weighted by molar-refractivity contribution is -0.133. The molecular formula is C13H24N2O. The maximum absolute atomic E-state index is 12.2. The molecule has 16 heavy (non-hydrogen) atoms. The van der Waals surface area contributed by atoms with Gasteiger partial charge in [0.1, 0.15) is 0 Å². The van der Waals surface area contributed by atoms with E-state index in [9.17, 15) is 4.79 Å². The highest BCUT2D eigenvalue weighted by molar-refractivity contribution is 5.82. The number of piperidine rings is 1. The van der Waals surface area contributed by atoms with Gasteiger partial charge in [0.25, 0.3) is 0 Å². The van der Waals surface area contributed by atoms with Crippen molar-refractivity contribution in [1.82, 2.24) is 10.2 Å². The molecule has 2 atom stereocenters. The van der Waals surface area contributed by atoms with E-state index in [1.165, 1.54) is 32.1 Å². The van der Waals surface area contributed by atoms with E-state index < -0.39 is 0 Å². The molecule has 1 N–H and O–H groups in total. The van der Waals surface area contributed by atoms with E-state index in [4.69, 9.17) is 0 Å². The van der Waals surface area contributed by atoms with Crippen LogP contribution in [0.3, 0.4) is 0 Å². The molecule has 92 valence electrons. The quantitative estimate of drug-likeness (QED) is 0.792. The van der Waals surface area contributed by atoms with Crippen molar-refractivity contribution < 1.29 is 4.79 Å². The molecule has 0 aromatic carbocycles. The zero-order valence-corrected chi connectivity index (χ0v) is 10.4. The molecule has 0 radical (unpaired) electrons. The number of carbonyl (C=O) groups is 1. The average molecular weight is 224 g/mol. The van der Waals surface area contributed by atoms with Gasteiger partial charge in [0, 0.05) is 13.1 Å². The lowest BCUT2D eigenvalue weighted by atomic mass is 10.0. The Morgan fingerprint density at radius 1 is 1.38 bits per heavy atom. The molecule has 1 unspecified atom stereocenters. The van der Waals surface area contributed by atoms with E-state index in [2.05, 4.69) is 17.1 Å². The van der Waals surface area contributed by atoms with Gasteiger partial charge in [0.15, 0.2) is 0 Å². The van der Waals surface area contributed by atoms with Crippen LogP contribution in [-0.2, 0) is 4.79 Å². The topological polar surface area (TPSA) is 32.3 Å². The summed E-state index contributed by atoms with van der Waals surface area (Å²) in [6.07, 6.45) is 7.20. The number of nitrogens with zero attached hydrogens (tertiary/aromatic N) is 1. The Morgan fingerprint density at radius 2 is 2.25 bits per heavy atom. The van der Waals surface area contributed by atoms with Crippen molar-refractivity contribution in [2.24, 2.45) is 5.92 Å². The maximum Gasteiger partial charge on any atom is 0.239 e. The van der Waals surface area contributed by atoms with Crippen LogP contribution in [-0.4, -0.2) is 36.5 Å². The fourth-order valence-corrected chi connectivity index (χ4v) is 2.96. The van der Waals surface area contributed by atoms with Gasteiger partial charge in [-0.2, -0.15) is 0 Å². The van der Waals surface area contributed by atoms with Gasteiger partial charge in [-0.25, -0.2) is 0 Å². The first-order valence-electron chi connectivity index (χ1n) is 6.83. The molecule has 2 aliphatic rings. The molecule has 0 aliphatic carbocycles. The van der Waals surface area contributed by atoms with Crippen LogP contribution in [0.2, 0.25) is 0 Å². The second kappa shape index (κ2) is 5.67. The van der Waals surface area contributed by atoms with E-state index in [1.807, 2.05) is 0 Å². The van der Waals surface area contributed by atoms with Crippen molar-refractivity contribution in [3.05, 3.63) is 0 Å². The monoisotopic (exact) mass is 224 g/mol. The fourth-order valence-electron chi connectivity index (χ4n) is 2.96. The van der Waals surface area contributed by atoms with E-state index in [0.29, 0.717) is 5.91 Å². The summed E-state index contributed by atoms with van der Waals surface area (Å²) in [5.74, 6) is 1.12. The minimum absolute atomic E-state index is 0.120. The molecule has 2 fully saturated rings. The van der Waals surface area contributed by atoms with Crippen LogP contribution in [0.15, 0.2) is 0 Å². The lowest BCUT2D eigenvalue weighted by Crippen LogP contribution is -2.47. The zero-order chi connectivity index (χ0) is 11.4. The molecule has 2 aliphatic heterocycles. The van der Waals surface area contributed by atoms with Gasteiger partial charge in [0.2, 0.25) is 5.91 Å². The van der Waals surface area contributed by atoms with E-state index in [-0.39, 0.29) is 6.04 Å². The summed E-state index contributed by atoms with van der Waals surface area (Å²) in [5, 5.41) is 3.35. The third-order valence-corrected chi connectivity index (χ3v) is 3.90. The van der Waals surface area contributed by atoms with Crippen molar-refractivity contribution in [2.45, 2.75) is 51.5 Å². The minimum atomic E-state index is 0.120. The van der Waals surface area contributed by atoms with E-state index in [0.717, 1.165) is 32.0 Å². The van der Waals surface area contributed by atoms with Crippen molar-refractivity contribution in [1.29, 1.82) is 0 Å². The van der Waals surface area contributed by atoms with Crippen molar-refractivity contribution in [3.63, 3.8) is 0 Å². The van der Waals surface area contributed by atoms with Gasteiger partial charge in [-0.05, 0) is 38.1 Å². The third kappa shape index (κ3) is 2.76. The van der Waals surface area contributed by atoms with Crippen LogP contribution in [0.5, 0.6) is 0 Å². The summed E-state index contributed by atoms with van der Waals surface area (Å²) in [6, 6.07) is 0.120. The van der Waals surface area contributed by atoms with Crippen LogP contribution in [0.1, 0.15) is 45.4 Å². The summed E-state index contributed by atoms with van der Waals surface area (Å²) in [7, 11) is 0. The number of rotatable bonds is 3. The molecule has 2 heterocycles. The summed E-state index contributed by atoms with van der Waals surface area (Å²) in [4.78, 5) is 14.3. The summed E-state index contributed by atoms with van der Waals surface area (Å²) >= 11 is 0. The second-order valence-electron chi connectivity index (χ2n) is 5.23. The van der Waals surface area contributed by atoms with Crippen LogP contribution in [0, 0.1) is 5.92 Å². The van der Waals surface area contributed by atoms with Gasteiger partial charge in [-0.15, -0.1) is 0 Å². The number of hydrogen-bond acceptors (Lipinski definition) is 2. The normalized spacial score (nSPS) is 30.7. The average Bonchev–Trinajstić information content (AvgIpc) is 2.78. The number of likely N-dealkylation sites (tertiary alicyclic amines) is 1. The molecule has 1 amide bonds. The summed E-state index contributed by atoms with van der Waals surface area (Å²) in [6.45, 7) is 5.24. The summed E-state index contributed by atoms with van der Waals surface area (Å²) in [5.41, 5.74) is 0. The van der Waals surface area contributed by atoms with Gasteiger partial charge in [-0.3, -0.25) is 4.79 Å². The number of hydrogen-bond donors (Lipinski definition) is 1. The number of carbonyl (C=O) groups excluding carboxylic acids is 1. The van der Waals surface area contributed by atoms with Crippen molar-refractivity contribution in [3.8, 4) is 0 Å². The molecule has 2 saturated heterocycles. The largest absolute Gasteiger partial charge is 0.341 e. The Balaban J connectivity index is 1.81. The predicted octanol–water partition coefficient (Wildman–Crippen LogP) is 1.78. The Morgan fingerprint density at radius 3 is 2.94 bits per heavy atom. The molecule has 0 bridgehead atoms. The highest BCUT2D eigenvalue weighted by atomic mass is 16.2. The molecular weight excluding hydrogens is 200 g/mol. The highest BCUT2D eigenvalue weighted by Gasteiger charge is 2.30. The van der Waals surface area contributed by atoms with E-state index in [1.54, 1.807) is 0 Å². The minimum Gasteiger partial charge on any atom is -0.341 e. The predicted molar refractivity (Wildman–Crippen MR) is 65.2 cm³/mol. The van der Waals surface area contributed by atoms with E-state index >= 15 is 0 Å². The number of amides is 1. The second-order valence-corrected chi connectivity index (χ2v) is 5.23. The van der Waals surface area contributed by atoms with Gasteiger partial charge in [-0.1, -0.05) is 19.8 Å². The Bertz CT molecular complexity index is 236. The molecule has 0 aromatic rings. The Labute approximate surface area is 98.6 Å². The van der Waals surface area contributed by atoms with Gasteiger partial charge in [0.05, 0.1) is 6.04 Å². The highest BCUT2D eigenvalue weighted by Crippen LogP contribution is 2.22. The molecule has 2 rings (SSSR count). The molecule has 3 heteroatoms.